The highest BCUT2D eigenvalue weighted by Crippen LogP contribution is 2.31. The molecule has 2 aliphatic heterocycles. The number of aromatic nitrogens is 3. The number of pyridine rings is 1. The van der Waals surface area contributed by atoms with Crippen LogP contribution in [0.4, 0.5) is 5.82 Å². The predicted octanol–water partition coefficient (Wildman–Crippen LogP) is 2.97. The molecule has 0 bridgehead atoms. The summed E-state index contributed by atoms with van der Waals surface area (Å²) < 4.78 is 25.5. The smallest absolute Gasteiger partial charge is 0.179 e. The largest absolute Gasteiger partial charge is 0.356 e. The molecule has 32 heavy (non-hydrogen) atoms. The SMILES string of the molecule is O=S(=O)(CCN1CCc2nc(-c3cccnc3)nc(N3CCCC3)c2C1)c1ccccc1. The van der Waals surface area contributed by atoms with Gasteiger partial charge in [-0.05, 0) is 37.1 Å². The summed E-state index contributed by atoms with van der Waals surface area (Å²) in [5.41, 5.74) is 3.14. The van der Waals surface area contributed by atoms with E-state index in [-0.39, 0.29) is 5.75 Å². The van der Waals surface area contributed by atoms with Crippen molar-refractivity contribution in [3.05, 3.63) is 66.1 Å². The summed E-state index contributed by atoms with van der Waals surface area (Å²) in [5, 5.41) is 0. The van der Waals surface area contributed by atoms with Gasteiger partial charge in [-0.25, -0.2) is 18.4 Å². The first-order valence-electron chi connectivity index (χ1n) is 11.2. The van der Waals surface area contributed by atoms with Gasteiger partial charge < -0.3 is 4.90 Å². The molecule has 1 aromatic carbocycles. The minimum atomic E-state index is -3.30. The van der Waals surface area contributed by atoms with Crippen LogP contribution in [0.3, 0.4) is 0 Å². The third kappa shape index (κ3) is 4.38. The van der Waals surface area contributed by atoms with E-state index in [1.165, 1.54) is 12.8 Å². The maximum atomic E-state index is 12.7. The minimum Gasteiger partial charge on any atom is -0.356 e. The van der Waals surface area contributed by atoms with Crippen molar-refractivity contribution < 1.29 is 8.42 Å². The Bertz CT molecular complexity index is 1180. The third-order valence-electron chi connectivity index (χ3n) is 6.22. The third-order valence-corrected chi connectivity index (χ3v) is 7.93. The molecule has 2 aliphatic rings. The Hall–Kier alpha value is -2.84. The summed E-state index contributed by atoms with van der Waals surface area (Å²) in [5.74, 6) is 1.83. The maximum Gasteiger partial charge on any atom is 0.179 e. The molecular formula is C24H27N5O2S. The van der Waals surface area contributed by atoms with Crippen LogP contribution >= 0.6 is 0 Å². The standard InChI is InChI=1S/C24H27N5O2S/c30-32(31,20-8-2-1-3-9-20)16-15-28-14-10-22-21(18-28)24(29-12-4-5-13-29)27-23(26-22)19-7-6-11-25-17-19/h1-3,6-9,11,17H,4-5,10,12-16,18H2. The molecular weight excluding hydrogens is 422 g/mol. The van der Waals surface area contributed by atoms with E-state index in [2.05, 4.69) is 14.8 Å². The van der Waals surface area contributed by atoms with Crippen molar-refractivity contribution >= 4 is 15.7 Å². The predicted molar refractivity (Wildman–Crippen MR) is 124 cm³/mol. The zero-order valence-corrected chi connectivity index (χ0v) is 18.8. The lowest BCUT2D eigenvalue weighted by molar-refractivity contribution is 0.266. The Balaban J connectivity index is 1.39. The Morgan fingerprint density at radius 1 is 0.938 bits per heavy atom. The summed E-state index contributed by atoms with van der Waals surface area (Å²) in [7, 11) is -3.30. The fraction of sp³-hybridized carbons (Fsp3) is 0.375. The fourth-order valence-electron chi connectivity index (χ4n) is 4.45. The van der Waals surface area contributed by atoms with Crippen LogP contribution in [-0.2, 0) is 22.8 Å². The van der Waals surface area contributed by atoms with Gasteiger partial charge in [0.15, 0.2) is 15.7 Å². The number of fused-ring (bicyclic) bond motifs is 1. The molecule has 2 aromatic heterocycles. The topological polar surface area (TPSA) is 79.3 Å². The second-order valence-corrected chi connectivity index (χ2v) is 10.5. The number of hydrogen-bond acceptors (Lipinski definition) is 7. The molecule has 1 saturated heterocycles. The van der Waals surface area contributed by atoms with E-state index < -0.39 is 9.84 Å². The number of sulfone groups is 1. The van der Waals surface area contributed by atoms with E-state index in [0.29, 0.717) is 18.0 Å². The Morgan fingerprint density at radius 2 is 1.75 bits per heavy atom. The van der Waals surface area contributed by atoms with Crippen molar-refractivity contribution in [1.82, 2.24) is 19.9 Å². The molecule has 0 aliphatic carbocycles. The number of nitrogens with zero attached hydrogens (tertiary/aromatic N) is 5. The number of rotatable bonds is 6. The van der Waals surface area contributed by atoms with Gasteiger partial charge in [0.25, 0.3) is 0 Å². The van der Waals surface area contributed by atoms with Crippen molar-refractivity contribution in [2.45, 2.75) is 30.7 Å². The summed E-state index contributed by atoms with van der Waals surface area (Å²) in [4.78, 5) is 19.0. The molecule has 0 amide bonds. The first-order chi connectivity index (χ1) is 15.6. The van der Waals surface area contributed by atoms with Gasteiger partial charge in [-0.3, -0.25) is 9.88 Å². The first-order valence-corrected chi connectivity index (χ1v) is 12.8. The normalized spacial score (nSPS) is 16.8. The van der Waals surface area contributed by atoms with Gasteiger partial charge >= 0.3 is 0 Å². The van der Waals surface area contributed by atoms with Crippen molar-refractivity contribution in [2.24, 2.45) is 0 Å². The quantitative estimate of drug-likeness (QED) is 0.572. The summed E-state index contributed by atoms with van der Waals surface area (Å²) in [6.07, 6.45) is 6.68. The maximum absolute atomic E-state index is 12.7. The van der Waals surface area contributed by atoms with Crippen molar-refractivity contribution in [3.63, 3.8) is 0 Å². The number of anilines is 1. The minimum absolute atomic E-state index is 0.111. The van der Waals surface area contributed by atoms with Gasteiger partial charge in [-0.1, -0.05) is 18.2 Å². The molecule has 5 rings (SSSR count). The summed E-state index contributed by atoms with van der Waals surface area (Å²) >= 11 is 0. The van der Waals surface area contributed by atoms with Gasteiger partial charge in [-0.15, -0.1) is 0 Å². The Morgan fingerprint density at radius 3 is 2.50 bits per heavy atom. The van der Waals surface area contributed by atoms with E-state index in [1.54, 1.807) is 36.7 Å². The van der Waals surface area contributed by atoms with Crippen LogP contribution in [0.25, 0.3) is 11.4 Å². The lowest BCUT2D eigenvalue weighted by Gasteiger charge is -2.31. The van der Waals surface area contributed by atoms with Crippen molar-refractivity contribution in [3.8, 4) is 11.4 Å². The van der Waals surface area contributed by atoms with E-state index >= 15 is 0 Å². The zero-order chi connectivity index (χ0) is 22.0. The summed E-state index contributed by atoms with van der Waals surface area (Å²) in [6.45, 7) is 3.97. The average Bonchev–Trinajstić information content (AvgIpc) is 3.38. The molecule has 1 fully saturated rings. The van der Waals surface area contributed by atoms with Crippen LogP contribution in [0, 0.1) is 0 Å². The number of hydrogen-bond donors (Lipinski definition) is 0. The number of benzene rings is 1. The molecule has 0 atom stereocenters. The highest BCUT2D eigenvalue weighted by atomic mass is 32.2. The van der Waals surface area contributed by atoms with Crippen molar-refractivity contribution in [1.29, 1.82) is 0 Å². The molecule has 166 valence electrons. The van der Waals surface area contributed by atoms with E-state index in [1.807, 2.05) is 18.2 Å². The van der Waals surface area contributed by atoms with Gasteiger partial charge in [-0.2, -0.15) is 0 Å². The molecule has 8 heteroatoms. The van der Waals surface area contributed by atoms with E-state index in [4.69, 9.17) is 9.97 Å². The van der Waals surface area contributed by atoms with Gasteiger partial charge in [0.1, 0.15) is 5.82 Å². The monoisotopic (exact) mass is 449 g/mol. The van der Waals surface area contributed by atoms with Crippen LogP contribution in [0.1, 0.15) is 24.1 Å². The van der Waals surface area contributed by atoms with Gasteiger partial charge in [0.05, 0.1) is 16.3 Å². The van der Waals surface area contributed by atoms with E-state index in [0.717, 1.165) is 54.5 Å². The Kier molecular flexibility index (Phi) is 5.89. The van der Waals surface area contributed by atoms with Crippen LogP contribution < -0.4 is 4.90 Å². The van der Waals surface area contributed by atoms with Crippen LogP contribution in [-0.4, -0.2) is 60.2 Å². The van der Waals surface area contributed by atoms with Crippen LogP contribution in [0.15, 0.2) is 59.8 Å². The first kappa shape index (κ1) is 21.0. The van der Waals surface area contributed by atoms with Crippen LogP contribution in [0.5, 0.6) is 0 Å². The molecule has 0 saturated carbocycles. The van der Waals surface area contributed by atoms with Crippen LogP contribution in [0.2, 0.25) is 0 Å². The molecule has 0 spiro atoms. The lowest BCUT2D eigenvalue weighted by Crippen LogP contribution is -2.36. The second kappa shape index (κ2) is 8.96. The van der Waals surface area contributed by atoms with Gasteiger partial charge in [0.2, 0.25) is 0 Å². The Labute approximate surface area is 189 Å². The molecule has 4 heterocycles. The van der Waals surface area contributed by atoms with Crippen molar-refractivity contribution in [2.75, 3.05) is 36.8 Å². The summed E-state index contributed by atoms with van der Waals surface area (Å²) in [6, 6.07) is 12.6. The lowest BCUT2D eigenvalue weighted by atomic mass is 10.0. The molecule has 0 radical (unpaired) electrons. The fourth-order valence-corrected chi connectivity index (χ4v) is 5.76. The molecule has 0 N–H and O–H groups in total. The average molecular weight is 450 g/mol. The van der Waals surface area contributed by atoms with E-state index in [9.17, 15) is 8.42 Å². The molecule has 0 unspecified atom stereocenters. The highest BCUT2D eigenvalue weighted by molar-refractivity contribution is 7.91. The second-order valence-electron chi connectivity index (χ2n) is 8.39. The van der Waals surface area contributed by atoms with Gasteiger partial charge in [0, 0.05) is 62.7 Å². The molecule has 3 aromatic rings. The molecule has 7 nitrogen and oxygen atoms in total. The highest BCUT2D eigenvalue weighted by Gasteiger charge is 2.27. The zero-order valence-electron chi connectivity index (χ0n) is 18.0.